The summed E-state index contributed by atoms with van der Waals surface area (Å²) in [5.74, 6) is -2.34. The van der Waals surface area contributed by atoms with Crippen LogP contribution in [0.2, 0.25) is 0 Å². The minimum atomic E-state index is -2.58. The SMILES string of the molecule is COc1ccc(F)cc1C(C)(C)C(N)(c1ccc2c(c1)COC2=O)C(O)(Cc1ccccc1)C(=O)O. The van der Waals surface area contributed by atoms with E-state index < -0.39 is 34.3 Å². The highest BCUT2D eigenvalue weighted by Crippen LogP contribution is 2.51. The Balaban J connectivity index is 2.03. The van der Waals surface area contributed by atoms with Gasteiger partial charge in [0.05, 0.1) is 18.2 Å². The number of halogens is 1. The molecular weight excluding hydrogens is 465 g/mol. The zero-order valence-electron chi connectivity index (χ0n) is 20.2. The molecule has 36 heavy (non-hydrogen) atoms. The van der Waals surface area contributed by atoms with Crippen molar-refractivity contribution in [2.24, 2.45) is 5.73 Å². The lowest BCUT2D eigenvalue weighted by atomic mass is 9.56. The van der Waals surface area contributed by atoms with Crippen molar-refractivity contribution in [3.8, 4) is 5.75 Å². The van der Waals surface area contributed by atoms with Crippen molar-refractivity contribution < 1.29 is 33.7 Å². The summed E-state index contributed by atoms with van der Waals surface area (Å²) in [6.07, 6.45) is -0.340. The van der Waals surface area contributed by atoms with Crippen LogP contribution in [0.5, 0.6) is 5.75 Å². The van der Waals surface area contributed by atoms with Gasteiger partial charge in [-0.2, -0.15) is 0 Å². The normalized spacial score (nSPS) is 16.4. The van der Waals surface area contributed by atoms with Crippen molar-refractivity contribution in [2.75, 3.05) is 7.11 Å². The minimum absolute atomic E-state index is 0.00795. The van der Waals surface area contributed by atoms with Gasteiger partial charge >= 0.3 is 11.9 Å². The highest BCUT2D eigenvalue weighted by atomic mass is 19.1. The first kappa shape index (κ1) is 25.3. The van der Waals surface area contributed by atoms with Gasteiger partial charge in [-0.1, -0.05) is 50.2 Å². The van der Waals surface area contributed by atoms with Gasteiger partial charge in [-0.05, 0) is 41.5 Å². The third-order valence-electron chi connectivity index (χ3n) is 7.27. The summed E-state index contributed by atoms with van der Waals surface area (Å²) >= 11 is 0. The molecule has 0 aromatic heterocycles. The molecular formula is C28H28FNO6. The molecule has 7 nitrogen and oxygen atoms in total. The number of methoxy groups -OCH3 is 1. The Morgan fingerprint density at radius 1 is 1.11 bits per heavy atom. The van der Waals surface area contributed by atoms with Gasteiger partial charge in [0.2, 0.25) is 0 Å². The molecule has 188 valence electrons. The Morgan fingerprint density at radius 2 is 1.81 bits per heavy atom. The maximum Gasteiger partial charge on any atom is 0.338 e. The van der Waals surface area contributed by atoms with Gasteiger partial charge in [-0.25, -0.2) is 14.0 Å². The monoisotopic (exact) mass is 493 g/mol. The highest BCUT2D eigenvalue weighted by molar-refractivity contribution is 5.93. The van der Waals surface area contributed by atoms with Crippen LogP contribution in [-0.4, -0.2) is 34.9 Å². The minimum Gasteiger partial charge on any atom is -0.496 e. The molecule has 1 aliphatic heterocycles. The average molecular weight is 494 g/mol. The van der Waals surface area contributed by atoms with Gasteiger partial charge in [0.1, 0.15) is 18.2 Å². The first-order valence-electron chi connectivity index (χ1n) is 11.4. The maximum atomic E-state index is 14.5. The summed E-state index contributed by atoms with van der Waals surface area (Å²) in [5.41, 5.74) is 2.99. The summed E-state index contributed by atoms with van der Waals surface area (Å²) in [5, 5.41) is 22.6. The van der Waals surface area contributed by atoms with Gasteiger partial charge in [0.25, 0.3) is 0 Å². The highest BCUT2D eigenvalue weighted by Gasteiger charge is 2.63. The zero-order chi connectivity index (χ0) is 26.3. The largest absolute Gasteiger partial charge is 0.496 e. The molecule has 2 atom stereocenters. The number of rotatable bonds is 8. The number of carbonyl (C=O) groups excluding carboxylic acids is 1. The van der Waals surface area contributed by atoms with Gasteiger partial charge in [-0.3, -0.25) is 0 Å². The molecule has 3 aromatic carbocycles. The van der Waals surface area contributed by atoms with Gasteiger partial charge in [0.15, 0.2) is 5.60 Å². The number of carbonyl (C=O) groups is 2. The lowest BCUT2D eigenvalue weighted by Crippen LogP contribution is -2.71. The Hall–Kier alpha value is -3.75. The van der Waals surface area contributed by atoms with Crippen molar-refractivity contribution >= 4 is 11.9 Å². The molecule has 0 spiro atoms. The Kier molecular flexibility index (Phi) is 6.36. The molecule has 8 heteroatoms. The van der Waals surface area contributed by atoms with E-state index in [0.29, 0.717) is 16.7 Å². The van der Waals surface area contributed by atoms with Crippen LogP contribution in [0.15, 0.2) is 66.7 Å². The van der Waals surface area contributed by atoms with Crippen LogP contribution in [0.3, 0.4) is 0 Å². The Labute approximate surface area is 208 Å². The number of aliphatic carboxylic acids is 1. The molecule has 0 bridgehead atoms. The molecule has 4 N–H and O–H groups in total. The number of hydrogen-bond acceptors (Lipinski definition) is 6. The summed E-state index contributed by atoms with van der Waals surface area (Å²) in [4.78, 5) is 25.0. The standard InChI is InChI=1S/C28H28FNO6/c1-26(2,22-14-20(29)10-12-23(22)35-3)28(30,19-9-11-21-18(13-19)16-36-24(21)31)27(34,25(32)33)15-17-7-5-4-6-8-17/h4-14,34H,15-16,30H2,1-3H3,(H,32,33). The van der Waals surface area contributed by atoms with Crippen molar-refractivity contribution in [3.05, 3.63) is 100 Å². The number of benzene rings is 3. The molecule has 0 amide bonds. The van der Waals surface area contributed by atoms with Crippen molar-refractivity contribution in [1.29, 1.82) is 0 Å². The van der Waals surface area contributed by atoms with Crippen LogP contribution >= 0.6 is 0 Å². The average Bonchev–Trinajstić information content (AvgIpc) is 3.23. The number of carboxylic acid groups (broad SMARTS) is 1. The van der Waals surface area contributed by atoms with Gasteiger partial charge in [0, 0.05) is 23.0 Å². The molecule has 2 unspecified atom stereocenters. The number of esters is 1. The Bertz CT molecular complexity index is 1320. The van der Waals surface area contributed by atoms with E-state index in [0.717, 1.165) is 0 Å². The summed E-state index contributed by atoms with van der Waals surface area (Å²) in [7, 11) is 1.41. The number of carboxylic acids is 1. The van der Waals surface area contributed by atoms with E-state index in [1.165, 1.54) is 37.4 Å². The van der Waals surface area contributed by atoms with E-state index >= 15 is 0 Å². The fourth-order valence-electron chi connectivity index (χ4n) is 5.15. The molecule has 0 radical (unpaired) electrons. The number of cyclic esters (lactones) is 1. The number of fused-ring (bicyclic) bond motifs is 1. The third-order valence-corrected chi connectivity index (χ3v) is 7.27. The summed E-state index contributed by atoms with van der Waals surface area (Å²) in [6.45, 7) is 3.27. The topological polar surface area (TPSA) is 119 Å². The molecule has 0 saturated carbocycles. The van der Waals surface area contributed by atoms with E-state index in [1.54, 1.807) is 50.2 Å². The van der Waals surface area contributed by atoms with Crippen LogP contribution in [0, 0.1) is 5.82 Å². The predicted molar refractivity (Wildman–Crippen MR) is 130 cm³/mol. The van der Waals surface area contributed by atoms with Crippen LogP contribution in [0.25, 0.3) is 0 Å². The second-order valence-corrected chi connectivity index (χ2v) is 9.55. The van der Waals surface area contributed by atoms with E-state index in [-0.39, 0.29) is 29.9 Å². The molecule has 3 aromatic rings. The maximum absolute atomic E-state index is 14.5. The fraction of sp³-hybridized carbons (Fsp3) is 0.286. The van der Waals surface area contributed by atoms with Crippen molar-refractivity contribution in [1.82, 2.24) is 0 Å². The van der Waals surface area contributed by atoms with Crippen molar-refractivity contribution in [3.63, 3.8) is 0 Å². The summed E-state index contributed by atoms with van der Waals surface area (Å²) in [6, 6.07) is 17.1. The Morgan fingerprint density at radius 3 is 2.44 bits per heavy atom. The first-order chi connectivity index (χ1) is 17.0. The number of hydrogen-bond donors (Lipinski definition) is 3. The molecule has 1 aliphatic rings. The molecule has 0 aliphatic carbocycles. The predicted octanol–water partition coefficient (Wildman–Crippen LogP) is 3.69. The lowest BCUT2D eigenvalue weighted by Gasteiger charge is -2.52. The van der Waals surface area contributed by atoms with E-state index in [4.69, 9.17) is 15.2 Å². The van der Waals surface area contributed by atoms with E-state index in [9.17, 15) is 24.2 Å². The quantitative estimate of drug-likeness (QED) is 0.410. The second kappa shape index (κ2) is 9.04. The molecule has 0 fully saturated rings. The summed E-state index contributed by atoms with van der Waals surface area (Å²) < 4.78 is 25.1. The molecule has 0 saturated heterocycles. The number of nitrogens with two attached hydrogens (primary N) is 1. The zero-order valence-corrected chi connectivity index (χ0v) is 20.2. The van der Waals surface area contributed by atoms with E-state index in [1.807, 2.05) is 0 Å². The lowest BCUT2D eigenvalue weighted by molar-refractivity contribution is -0.172. The number of aliphatic hydroxyl groups is 1. The van der Waals surface area contributed by atoms with Crippen LogP contribution in [-0.2, 0) is 33.5 Å². The number of ether oxygens (including phenoxy) is 2. The van der Waals surface area contributed by atoms with Crippen LogP contribution < -0.4 is 10.5 Å². The molecule has 1 heterocycles. The van der Waals surface area contributed by atoms with Crippen molar-refractivity contribution in [2.45, 2.75) is 43.4 Å². The van der Waals surface area contributed by atoms with Crippen LogP contribution in [0.1, 0.15) is 46.5 Å². The van der Waals surface area contributed by atoms with Gasteiger partial charge in [-0.15, -0.1) is 0 Å². The fourth-order valence-corrected chi connectivity index (χ4v) is 5.15. The van der Waals surface area contributed by atoms with Crippen LogP contribution in [0.4, 0.5) is 4.39 Å². The van der Waals surface area contributed by atoms with Gasteiger partial charge < -0.3 is 25.4 Å². The second-order valence-electron chi connectivity index (χ2n) is 9.55. The van der Waals surface area contributed by atoms with E-state index in [2.05, 4.69) is 0 Å². The first-order valence-corrected chi connectivity index (χ1v) is 11.4. The smallest absolute Gasteiger partial charge is 0.338 e. The molecule has 4 rings (SSSR count). The third kappa shape index (κ3) is 3.83.